The normalized spacial score (nSPS) is 11.7. The van der Waals surface area contributed by atoms with Gasteiger partial charge in [-0.05, 0) is 42.8 Å². The first-order valence-electron chi connectivity index (χ1n) is 8.11. The number of rotatable bonds is 3. The summed E-state index contributed by atoms with van der Waals surface area (Å²) in [5, 5.41) is 3.33. The molecule has 0 atom stereocenters. The minimum atomic E-state index is -4.40. The van der Waals surface area contributed by atoms with Gasteiger partial charge in [0.25, 0.3) is 0 Å². The third-order valence-corrected chi connectivity index (χ3v) is 4.75. The molecule has 0 unspecified atom stereocenters. The van der Waals surface area contributed by atoms with Gasteiger partial charge < -0.3 is 11.1 Å². The van der Waals surface area contributed by atoms with Crippen LogP contribution in [-0.2, 0) is 6.18 Å². The predicted molar refractivity (Wildman–Crippen MR) is 102 cm³/mol. The maximum Gasteiger partial charge on any atom is 0.416 e. The number of hydrogen-bond donors (Lipinski definition) is 2. The molecular formula is C18H13F3N6S. The average Bonchev–Trinajstić information content (AvgIpc) is 3.02. The fourth-order valence-electron chi connectivity index (χ4n) is 2.63. The molecule has 3 heterocycles. The number of fused-ring (bicyclic) bond motifs is 1. The van der Waals surface area contributed by atoms with Crippen LogP contribution in [0.2, 0.25) is 0 Å². The zero-order valence-electron chi connectivity index (χ0n) is 14.4. The Labute approximate surface area is 161 Å². The molecule has 0 radical (unpaired) electrons. The summed E-state index contributed by atoms with van der Waals surface area (Å²) < 4.78 is 38.3. The molecular weight excluding hydrogens is 389 g/mol. The highest BCUT2D eigenvalue weighted by Crippen LogP contribution is 2.33. The van der Waals surface area contributed by atoms with Gasteiger partial charge in [-0.1, -0.05) is 17.4 Å². The molecule has 142 valence electrons. The zero-order valence-corrected chi connectivity index (χ0v) is 15.3. The minimum Gasteiger partial charge on any atom is -0.375 e. The van der Waals surface area contributed by atoms with Crippen molar-refractivity contribution in [1.82, 2.24) is 19.9 Å². The predicted octanol–water partition coefficient (Wildman–Crippen LogP) is 4.80. The van der Waals surface area contributed by atoms with E-state index >= 15 is 0 Å². The van der Waals surface area contributed by atoms with Gasteiger partial charge in [0.1, 0.15) is 11.2 Å². The highest BCUT2D eigenvalue weighted by atomic mass is 32.1. The van der Waals surface area contributed by atoms with E-state index in [9.17, 15) is 13.2 Å². The van der Waals surface area contributed by atoms with Gasteiger partial charge in [0.05, 0.1) is 5.56 Å². The summed E-state index contributed by atoms with van der Waals surface area (Å²) >= 11 is 1.20. The number of pyridine rings is 1. The largest absolute Gasteiger partial charge is 0.416 e. The van der Waals surface area contributed by atoms with Crippen molar-refractivity contribution in [3.8, 4) is 11.5 Å². The van der Waals surface area contributed by atoms with Crippen molar-refractivity contribution < 1.29 is 13.2 Å². The van der Waals surface area contributed by atoms with E-state index in [-0.39, 0.29) is 0 Å². The first-order chi connectivity index (χ1) is 13.3. The molecule has 0 fully saturated rings. The van der Waals surface area contributed by atoms with Crippen LogP contribution in [0.25, 0.3) is 21.9 Å². The average molecular weight is 402 g/mol. The summed E-state index contributed by atoms with van der Waals surface area (Å²) in [6.07, 6.45) is -2.76. The number of benzene rings is 1. The Bertz CT molecular complexity index is 1150. The number of nitrogen functional groups attached to an aromatic ring is 1. The number of nitrogens with zero attached hydrogens (tertiary/aromatic N) is 4. The van der Waals surface area contributed by atoms with Crippen molar-refractivity contribution >= 4 is 38.3 Å². The van der Waals surface area contributed by atoms with Crippen LogP contribution in [0.1, 0.15) is 11.1 Å². The van der Waals surface area contributed by atoms with Crippen molar-refractivity contribution in [2.24, 2.45) is 0 Å². The maximum atomic E-state index is 12.8. The van der Waals surface area contributed by atoms with E-state index in [1.165, 1.54) is 23.5 Å². The fourth-order valence-corrected chi connectivity index (χ4v) is 3.34. The molecule has 3 N–H and O–H groups in total. The van der Waals surface area contributed by atoms with Gasteiger partial charge in [0.2, 0.25) is 0 Å². The Morgan fingerprint density at radius 1 is 1.04 bits per heavy atom. The summed E-state index contributed by atoms with van der Waals surface area (Å²) in [5.41, 5.74) is 7.45. The number of halogens is 3. The molecule has 0 aliphatic heterocycles. The quantitative estimate of drug-likeness (QED) is 0.512. The van der Waals surface area contributed by atoms with E-state index in [2.05, 4.69) is 25.3 Å². The van der Waals surface area contributed by atoms with Gasteiger partial charge in [0.15, 0.2) is 21.6 Å². The van der Waals surface area contributed by atoms with Crippen LogP contribution in [0.15, 0.2) is 42.6 Å². The second-order valence-corrected chi connectivity index (χ2v) is 6.98. The standard InChI is InChI=1S/C18H13F3N6S/c1-9-3-2-8-23-12(9)14-26-15(13-16(27-14)28-17(22)25-13)24-11-6-4-10(5-7-11)18(19,20)21/h2-8H,1H3,(H2,22,25)(H,24,26,27). The van der Waals surface area contributed by atoms with Crippen molar-refractivity contribution in [1.29, 1.82) is 0 Å². The highest BCUT2D eigenvalue weighted by Gasteiger charge is 2.30. The molecule has 0 saturated heterocycles. The lowest BCUT2D eigenvalue weighted by Crippen LogP contribution is -2.05. The Morgan fingerprint density at radius 3 is 2.46 bits per heavy atom. The summed E-state index contributed by atoms with van der Waals surface area (Å²) in [6, 6.07) is 8.36. The van der Waals surface area contributed by atoms with E-state index in [1.54, 1.807) is 6.20 Å². The second kappa shape index (κ2) is 6.71. The molecule has 6 nitrogen and oxygen atoms in total. The van der Waals surface area contributed by atoms with Crippen LogP contribution >= 0.6 is 11.3 Å². The van der Waals surface area contributed by atoms with Gasteiger partial charge in [-0.2, -0.15) is 13.2 Å². The molecule has 1 aromatic carbocycles. The van der Waals surface area contributed by atoms with Crippen molar-refractivity contribution in [2.45, 2.75) is 13.1 Å². The molecule has 0 aliphatic rings. The van der Waals surface area contributed by atoms with Gasteiger partial charge in [-0.15, -0.1) is 0 Å². The molecule has 3 aromatic heterocycles. The molecule has 4 rings (SSSR count). The first kappa shape index (κ1) is 18.1. The summed E-state index contributed by atoms with van der Waals surface area (Å²) in [6.45, 7) is 1.89. The van der Waals surface area contributed by atoms with Gasteiger partial charge in [-0.3, -0.25) is 4.98 Å². The maximum absolute atomic E-state index is 12.8. The first-order valence-corrected chi connectivity index (χ1v) is 8.93. The summed E-state index contributed by atoms with van der Waals surface area (Å²) in [5.74, 6) is 0.724. The fraction of sp³-hybridized carbons (Fsp3) is 0.111. The van der Waals surface area contributed by atoms with Crippen LogP contribution in [-0.4, -0.2) is 19.9 Å². The number of nitrogens with two attached hydrogens (primary N) is 1. The SMILES string of the molecule is Cc1cccnc1-c1nc(Nc2ccc(C(F)(F)F)cc2)c2nc(N)sc2n1. The van der Waals surface area contributed by atoms with E-state index in [1.807, 2.05) is 19.1 Å². The van der Waals surface area contributed by atoms with Gasteiger partial charge >= 0.3 is 6.18 Å². The molecule has 10 heteroatoms. The summed E-state index contributed by atoms with van der Waals surface area (Å²) in [4.78, 5) is 18.1. The molecule has 0 saturated carbocycles. The topological polar surface area (TPSA) is 89.6 Å². The number of nitrogens with one attached hydrogen (secondary N) is 1. The van der Waals surface area contributed by atoms with E-state index in [0.717, 1.165) is 17.7 Å². The number of thiazole rings is 1. The molecule has 0 spiro atoms. The lowest BCUT2D eigenvalue weighted by atomic mass is 10.2. The number of aryl methyl sites for hydroxylation is 1. The Balaban J connectivity index is 1.78. The van der Waals surface area contributed by atoms with Crippen LogP contribution in [0, 0.1) is 6.92 Å². The van der Waals surface area contributed by atoms with Crippen LogP contribution in [0.4, 0.5) is 29.8 Å². The van der Waals surface area contributed by atoms with Crippen LogP contribution < -0.4 is 11.1 Å². The monoisotopic (exact) mass is 402 g/mol. The van der Waals surface area contributed by atoms with E-state index in [0.29, 0.717) is 38.5 Å². The Morgan fingerprint density at radius 2 is 1.79 bits per heavy atom. The number of hydrogen-bond acceptors (Lipinski definition) is 7. The van der Waals surface area contributed by atoms with Gasteiger partial charge in [0, 0.05) is 11.9 Å². The molecule has 28 heavy (non-hydrogen) atoms. The second-order valence-electron chi connectivity index (χ2n) is 5.97. The van der Waals surface area contributed by atoms with Gasteiger partial charge in [-0.25, -0.2) is 15.0 Å². The third kappa shape index (κ3) is 3.46. The number of anilines is 3. The Hall–Kier alpha value is -3.27. The van der Waals surface area contributed by atoms with Crippen LogP contribution in [0.5, 0.6) is 0 Å². The highest BCUT2D eigenvalue weighted by molar-refractivity contribution is 7.21. The third-order valence-electron chi connectivity index (χ3n) is 3.97. The van der Waals surface area contributed by atoms with Crippen molar-refractivity contribution in [3.63, 3.8) is 0 Å². The zero-order chi connectivity index (χ0) is 19.9. The molecule has 0 aliphatic carbocycles. The number of aromatic nitrogens is 4. The van der Waals surface area contributed by atoms with Crippen molar-refractivity contribution in [3.05, 3.63) is 53.7 Å². The molecule has 4 aromatic rings. The molecule has 0 bridgehead atoms. The minimum absolute atomic E-state index is 0.315. The Kier molecular flexibility index (Phi) is 4.34. The number of alkyl halides is 3. The van der Waals surface area contributed by atoms with Crippen LogP contribution in [0.3, 0.4) is 0 Å². The molecule has 0 amide bonds. The lowest BCUT2D eigenvalue weighted by Gasteiger charge is -2.10. The lowest BCUT2D eigenvalue weighted by molar-refractivity contribution is -0.137. The van der Waals surface area contributed by atoms with Crippen molar-refractivity contribution in [2.75, 3.05) is 11.1 Å². The van der Waals surface area contributed by atoms with E-state index < -0.39 is 11.7 Å². The summed E-state index contributed by atoms with van der Waals surface area (Å²) in [7, 11) is 0. The smallest absolute Gasteiger partial charge is 0.375 e. The van der Waals surface area contributed by atoms with E-state index in [4.69, 9.17) is 5.73 Å².